The van der Waals surface area contributed by atoms with Crippen molar-refractivity contribution in [1.82, 2.24) is 9.55 Å². The van der Waals surface area contributed by atoms with Gasteiger partial charge in [-0.15, -0.1) is 0 Å². The van der Waals surface area contributed by atoms with Crippen molar-refractivity contribution in [2.45, 2.75) is 6.54 Å². The van der Waals surface area contributed by atoms with E-state index in [2.05, 4.69) is 35.7 Å². The van der Waals surface area contributed by atoms with E-state index in [9.17, 15) is 0 Å². The molecule has 0 radical (unpaired) electrons. The van der Waals surface area contributed by atoms with Gasteiger partial charge < -0.3 is 4.57 Å². The zero-order valence-corrected chi connectivity index (χ0v) is 10.7. The number of nitrogens with zero attached hydrogens (tertiary/aromatic N) is 3. The Balaban J connectivity index is 2.08. The van der Waals surface area contributed by atoms with Gasteiger partial charge in [0, 0.05) is 24.5 Å². The van der Waals surface area contributed by atoms with Crippen molar-refractivity contribution in [3.05, 3.63) is 60.0 Å². The van der Waals surface area contributed by atoms with Crippen molar-refractivity contribution in [3.63, 3.8) is 0 Å². The zero-order valence-electron chi connectivity index (χ0n) is 10.7. The average Bonchev–Trinajstić information content (AvgIpc) is 2.76. The van der Waals surface area contributed by atoms with Crippen LogP contribution in [0.15, 0.2) is 48.9 Å². The Morgan fingerprint density at radius 1 is 1.32 bits per heavy atom. The SMILES string of the molecule is Bc1cn(Cc2cccnc2)c2ccc(C#N)cc12. The van der Waals surface area contributed by atoms with Crippen LogP contribution in [0.1, 0.15) is 11.1 Å². The summed E-state index contributed by atoms with van der Waals surface area (Å²) in [6.07, 6.45) is 5.78. The Hall–Kier alpha value is -2.54. The summed E-state index contributed by atoms with van der Waals surface area (Å²) in [4.78, 5) is 4.14. The molecule has 4 heteroatoms. The summed E-state index contributed by atoms with van der Waals surface area (Å²) in [6, 6.07) is 12.0. The number of aromatic nitrogens is 2. The van der Waals surface area contributed by atoms with Crippen LogP contribution in [0.25, 0.3) is 10.9 Å². The van der Waals surface area contributed by atoms with Crippen LogP contribution in [0.4, 0.5) is 0 Å². The monoisotopic (exact) mass is 245 g/mol. The van der Waals surface area contributed by atoms with Crippen molar-refractivity contribution in [2.75, 3.05) is 0 Å². The van der Waals surface area contributed by atoms with Crippen LogP contribution in [-0.2, 0) is 6.54 Å². The molecule has 0 amide bonds. The number of hydrogen-bond donors (Lipinski definition) is 0. The minimum atomic E-state index is 0.703. The molecule has 0 bridgehead atoms. The number of hydrogen-bond acceptors (Lipinski definition) is 2. The van der Waals surface area contributed by atoms with Gasteiger partial charge in [0.05, 0.1) is 11.6 Å². The van der Waals surface area contributed by atoms with E-state index in [0.717, 1.165) is 17.4 Å². The van der Waals surface area contributed by atoms with E-state index in [-0.39, 0.29) is 0 Å². The third kappa shape index (κ3) is 2.11. The normalized spacial score (nSPS) is 10.5. The molecule has 0 spiro atoms. The van der Waals surface area contributed by atoms with Gasteiger partial charge in [-0.25, -0.2) is 0 Å². The van der Waals surface area contributed by atoms with Crippen molar-refractivity contribution >= 4 is 24.2 Å². The lowest BCUT2D eigenvalue weighted by molar-refractivity contribution is 0.833. The van der Waals surface area contributed by atoms with Crippen LogP contribution in [0.5, 0.6) is 0 Å². The van der Waals surface area contributed by atoms with Gasteiger partial charge in [-0.3, -0.25) is 4.98 Å². The summed E-state index contributed by atoms with van der Waals surface area (Å²) in [6.45, 7) is 0.796. The Morgan fingerprint density at radius 2 is 2.21 bits per heavy atom. The molecule has 0 fully saturated rings. The van der Waals surface area contributed by atoms with Gasteiger partial charge in [0.25, 0.3) is 0 Å². The van der Waals surface area contributed by atoms with Crippen LogP contribution >= 0.6 is 0 Å². The quantitative estimate of drug-likeness (QED) is 0.637. The first-order valence-electron chi connectivity index (χ1n) is 6.16. The molecule has 0 N–H and O–H groups in total. The number of rotatable bonds is 2. The lowest BCUT2D eigenvalue weighted by atomic mass is 9.95. The Bertz CT molecular complexity index is 769. The molecule has 0 atom stereocenters. The van der Waals surface area contributed by atoms with E-state index in [1.165, 1.54) is 11.0 Å². The third-order valence-electron chi connectivity index (χ3n) is 3.29. The summed E-state index contributed by atoms with van der Waals surface area (Å²) in [5, 5.41) is 10.1. The molecule has 3 rings (SSSR count). The van der Waals surface area contributed by atoms with Gasteiger partial charge in [0.15, 0.2) is 0 Å². The second kappa shape index (κ2) is 4.62. The maximum atomic E-state index is 8.96. The second-order valence-electron chi connectivity index (χ2n) is 4.65. The molecule has 90 valence electrons. The zero-order chi connectivity index (χ0) is 13.2. The summed E-state index contributed by atoms with van der Waals surface area (Å²) < 4.78 is 2.20. The van der Waals surface area contributed by atoms with Crippen LogP contribution < -0.4 is 5.46 Å². The third-order valence-corrected chi connectivity index (χ3v) is 3.29. The Morgan fingerprint density at radius 3 is 2.95 bits per heavy atom. The first kappa shape index (κ1) is 11.5. The minimum Gasteiger partial charge on any atom is -0.344 e. The molecule has 3 aromatic rings. The molecule has 2 heterocycles. The molecule has 0 aliphatic rings. The summed E-state index contributed by atoms with van der Waals surface area (Å²) >= 11 is 0. The molecule has 2 aromatic heterocycles. The van der Waals surface area contributed by atoms with Gasteiger partial charge in [-0.1, -0.05) is 11.5 Å². The highest BCUT2D eigenvalue weighted by Crippen LogP contribution is 2.16. The van der Waals surface area contributed by atoms with E-state index in [1.54, 1.807) is 6.20 Å². The van der Waals surface area contributed by atoms with Crippen molar-refractivity contribution in [3.8, 4) is 6.07 Å². The van der Waals surface area contributed by atoms with E-state index in [4.69, 9.17) is 5.26 Å². The fraction of sp³-hybridized carbons (Fsp3) is 0.0667. The first-order valence-corrected chi connectivity index (χ1v) is 6.16. The van der Waals surface area contributed by atoms with Crippen LogP contribution in [0.2, 0.25) is 0 Å². The minimum absolute atomic E-state index is 0.703. The molecular formula is C15H12BN3. The topological polar surface area (TPSA) is 41.6 Å². The second-order valence-corrected chi connectivity index (χ2v) is 4.65. The molecule has 19 heavy (non-hydrogen) atoms. The predicted octanol–water partition coefficient (Wildman–Crippen LogP) is 1.21. The molecule has 0 saturated carbocycles. The molecule has 0 saturated heterocycles. The van der Waals surface area contributed by atoms with E-state index < -0.39 is 0 Å². The highest BCUT2D eigenvalue weighted by Gasteiger charge is 2.06. The van der Waals surface area contributed by atoms with E-state index >= 15 is 0 Å². The summed E-state index contributed by atoms with van der Waals surface area (Å²) in [5.74, 6) is 0. The summed E-state index contributed by atoms with van der Waals surface area (Å²) in [7, 11) is 2.07. The molecule has 0 aliphatic carbocycles. The van der Waals surface area contributed by atoms with Crippen molar-refractivity contribution in [2.24, 2.45) is 0 Å². The smallest absolute Gasteiger partial charge is 0.142 e. The maximum absolute atomic E-state index is 8.96. The van der Waals surface area contributed by atoms with Gasteiger partial charge in [-0.05, 0) is 41.4 Å². The first-order chi connectivity index (χ1) is 9.28. The molecule has 0 aliphatic heterocycles. The lowest BCUT2D eigenvalue weighted by Gasteiger charge is -2.05. The number of fused-ring (bicyclic) bond motifs is 1. The number of nitriles is 1. The fourth-order valence-corrected chi connectivity index (χ4v) is 2.36. The average molecular weight is 245 g/mol. The lowest BCUT2D eigenvalue weighted by Crippen LogP contribution is -2.01. The van der Waals surface area contributed by atoms with Gasteiger partial charge in [0.1, 0.15) is 7.85 Å². The van der Waals surface area contributed by atoms with Gasteiger partial charge in [-0.2, -0.15) is 5.26 Å². The van der Waals surface area contributed by atoms with Gasteiger partial charge in [0.2, 0.25) is 0 Å². The predicted molar refractivity (Wildman–Crippen MR) is 78.2 cm³/mol. The molecule has 0 unspecified atom stereocenters. The van der Waals surface area contributed by atoms with Crippen LogP contribution in [0, 0.1) is 11.3 Å². The van der Waals surface area contributed by atoms with Gasteiger partial charge >= 0.3 is 0 Å². The molecule has 3 nitrogen and oxygen atoms in total. The number of pyridine rings is 1. The van der Waals surface area contributed by atoms with Crippen molar-refractivity contribution < 1.29 is 0 Å². The molecule has 1 aromatic carbocycles. The Labute approximate surface area is 112 Å². The highest BCUT2D eigenvalue weighted by atomic mass is 15.0. The van der Waals surface area contributed by atoms with Crippen LogP contribution in [0.3, 0.4) is 0 Å². The van der Waals surface area contributed by atoms with Crippen LogP contribution in [-0.4, -0.2) is 17.4 Å². The van der Waals surface area contributed by atoms with E-state index in [0.29, 0.717) is 5.56 Å². The maximum Gasteiger partial charge on any atom is 0.142 e. The fourth-order valence-electron chi connectivity index (χ4n) is 2.36. The van der Waals surface area contributed by atoms with E-state index in [1.807, 2.05) is 30.5 Å². The Kier molecular flexibility index (Phi) is 2.81. The largest absolute Gasteiger partial charge is 0.344 e. The number of benzene rings is 1. The standard InChI is InChI=1S/C15H12BN3/c16-14-10-19(9-12-2-1-5-18-8-12)15-4-3-11(7-17)6-13(14)15/h1-6,8,10H,9,16H2. The molecular weight excluding hydrogens is 233 g/mol. The highest BCUT2D eigenvalue weighted by molar-refractivity contribution is 6.38. The summed E-state index contributed by atoms with van der Waals surface area (Å²) in [5.41, 5.74) is 4.22. The van der Waals surface area contributed by atoms with Crippen molar-refractivity contribution in [1.29, 1.82) is 5.26 Å².